The summed E-state index contributed by atoms with van der Waals surface area (Å²) in [5.41, 5.74) is 0. The molecule has 1 unspecified atom stereocenters. The Labute approximate surface area is 119 Å². The van der Waals surface area contributed by atoms with Gasteiger partial charge in [-0.1, -0.05) is 6.92 Å². The van der Waals surface area contributed by atoms with Crippen LogP contribution < -0.4 is 10.6 Å². The minimum absolute atomic E-state index is 0.0641. The number of carbonyl (C=O) groups is 2. The number of nitrogens with zero attached hydrogens (tertiary/aromatic N) is 1. The zero-order chi connectivity index (χ0) is 14.1. The highest BCUT2D eigenvalue weighted by molar-refractivity contribution is 7.99. The van der Waals surface area contributed by atoms with Gasteiger partial charge in [-0.05, 0) is 18.7 Å². The molecule has 2 amide bonds. The third-order valence-electron chi connectivity index (χ3n) is 3.11. The number of rotatable bonds is 8. The van der Waals surface area contributed by atoms with Gasteiger partial charge in [-0.3, -0.25) is 9.59 Å². The van der Waals surface area contributed by atoms with Gasteiger partial charge in [0.2, 0.25) is 11.8 Å². The molecule has 0 spiro atoms. The molecule has 0 saturated carbocycles. The second-order valence-corrected chi connectivity index (χ2v) is 6.33. The van der Waals surface area contributed by atoms with E-state index in [4.69, 9.17) is 0 Å². The van der Waals surface area contributed by atoms with E-state index in [1.54, 1.807) is 0 Å². The van der Waals surface area contributed by atoms with Gasteiger partial charge in [-0.15, -0.1) is 0 Å². The molecule has 0 bridgehead atoms. The average molecular weight is 287 g/mol. The summed E-state index contributed by atoms with van der Waals surface area (Å²) >= 11 is 2.01. The maximum absolute atomic E-state index is 11.6. The van der Waals surface area contributed by atoms with Crippen LogP contribution in [0.5, 0.6) is 0 Å². The Morgan fingerprint density at radius 1 is 1.32 bits per heavy atom. The summed E-state index contributed by atoms with van der Waals surface area (Å²) < 4.78 is 0. The monoisotopic (exact) mass is 287 g/mol. The van der Waals surface area contributed by atoms with Crippen molar-refractivity contribution in [2.24, 2.45) is 0 Å². The highest BCUT2D eigenvalue weighted by atomic mass is 32.2. The van der Waals surface area contributed by atoms with E-state index in [9.17, 15) is 9.59 Å². The quantitative estimate of drug-likeness (QED) is 0.637. The minimum atomic E-state index is -0.0641. The van der Waals surface area contributed by atoms with E-state index >= 15 is 0 Å². The van der Waals surface area contributed by atoms with Gasteiger partial charge < -0.3 is 15.5 Å². The van der Waals surface area contributed by atoms with Crippen LogP contribution in [0.15, 0.2) is 0 Å². The summed E-state index contributed by atoms with van der Waals surface area (Å²) in [4.78, 5) is 24.6. The third kappa shape index (κ3) is 7.42. The third-order valence-corrected chi connectivity index (χ3v) is 4.30. The van der Waals surface area contributed by atoms with Gasteiger partial charge in [0.15, 0.2) is 0 Å². The summed E-state index contributed by atoms with van der Waals surface area (Å²) in [7, 11) is 0. The molecule has 0 radical (unpaired) electrons. The number of likely N-dealkylation sites (tertiary alicyclic amines) is 1. The first kappa shape index (κ1) is 16.3. The van der Waals surface area contributed by atoms with E-state index in [2.05, 4.69) is 22.5 Å². The summed E-state index contributed by atoms with van der Waals surface area (Å²) in [5.74, 6) is 1.17. The Balaban J connectivity index is 2.02. The number of hydrogen-bond donors (Lipinski definition) is 2. The molecule has 1 aliphatic rings. The fraction of sp³-hybridized carbons (Fsp3) is 0.846. The molecule has 0 aromatic heterocycles. The molecule has 1 aliphatic heterocycles. The van der Waals surface area contributed by atoms with Crippen molar-refractivity contribution in [1.29, 1.82) is 0 Å². The lowest BCUT2D eigenvalue weighted by Gasteiger charge is -2.15. The molecule has 1 atom stereocenters. The van der Waals surface area contributed by atoms with E-state index in [1.165, 1.54) is 19.1 Å². The standard InChI is InChI=1S/C13H25N3O2S/c1-3-19-12-4-8-16(10-12)9-5-13(18)15-7-6-14-11(2)17/h12H,3-10H2,1-2H3,(H,14,17)(H,15,18). The zero-order valence-electron chi connectivity index (χ0n) is 11.9. The van der Waals surface area contributed by atoms with Gasteiger partial charge in [-0.2, -0.15) is 11.8 Å². The van der Waals surface area contributed by atoms with Crippen molar-refractivity contribution in [3.05, 3.63) is 0 Å². The number of nitrogens with one attached hydrogen (secondary N) is 2. The Morgan fingerprint density at radius 3 is 2.74 bits per heavy atom. The maximum atomic E-state index is 11.6. The molecular weight excluding hydrogens is 262 g/mol. The molecule has 110 valence electrons. The van der Waals surface area contributed by atoms with Gasteiger partial charge in [0.25, 0.3) is 0 Å². The van der Waals surface area contributed by atoms with E-state index in [-0.39, 0.29) is 11.8 Å². The van der Waals surface area contributed by atoms with Crippen LogP contribution in [-0.2, 0) is 9.59 Å². The van der Waals surface area contributed by atoms with Crippen molar-refractivity contribution < 1.29 is 9.59 Å². The Kier molecular flexibility index (Phi) is 7.90. The van der Waals surface area contributed by atoms with E-state index in [0.29, 0.717) is 19.5 Å². The molecule has 5 nitrogen and oxygen atoms in total. The fourth-order valence-electron chi connectivity index (χ4n) is 2.16. The van der Waals surface area contributed by atoms with Gasteiger partial charge in [0.1, 0.15) is 0 Å². The molecule has 6 heteroatoms. The maximum Gasteiger partial charge on any atom is 0.221 e. The smallest absolute Gasteiger partial charge is 0.221 e. The summed E-state index contributed by atoms with van der Waals surface area (Å²) in [6, 6.07) is 0. The molecule has 2 N–H and O–H groups in total. The van der Waals surface area contributed by atoms with Crippen LogP contribution in [0.25, 0.3) is 0 Å². The lowest BCUT2D eigenvalue weighted by molar-refractivity contribution is -0.122. The van der Waals surface area contributed by atoms with Crippen LogP contribution in [0.4, 0.5) is 0 Å². The predicted molar refractivity (Wildman–Crippen MR) is 79.3 cm³/mol. The Hall–Kier alpha value is -0.750. The summed E-state index contributed by atoms with van der Waals surface area (Å²) in [6.07, 6.45) is 1.78. The van der Waals surface area contributed by atoms with Crippen molar-refractivity contribution in [2.75, 3.05) is 38.5 Å². The highest BCUT2D eigenvalue weighted by Crippen LogP contribution is 2.21. The van der Waals surface area contributed by atoms with E-state index in [0.717, 1.165) is 24.9 Å². The van der Waals surface area contributed by atoms with Gasteiger partial charge in [0, 0.05) is 44.8 Å². The van der Waals surface area contributed by atoms with Crippen molar-refractivity contribution in [3.63, 3.8) is 0 Å². The molecule has 19 heavy (non-hydrogen) atoms. The van der Waals surface area contributed by atoms with Crippen molar-refractivity contribution in [3.8, 4) is 0 Å². The van der Waals surface area contributed by atoms with Crippen LogP contribution in [0.1, 0.15) is 26.7 Å². The number of amides is 2. The first-order valence-corrected chi connectivity index (χ1v) is 8.01. The second-order valence-electron chi connectivity index (χ2n) is 4.75. The van der Waals surface area contributed by atoms with Gasteiger partial charge in [0.05, 0.1) is 0 Å². The molecule has 1 heterocycles. The van der Waals surface area contributed by atoms with Gasteiger partial charge in [-0.25, -0.2) is 0 Å². The lowest BCUT2D eigenvalue weighted by atomic mass is 10.3. The minimum Gasteiger partial charge on any atom is -0.355 e. The lowest BCUT2D eigenvalue weighted by Crippen LogP contribution is -2.35. The molecule has 0 aromatic carbocycles. The molecule has 0 aliphatic carbocycles. The second kappa shape index (κ2) is 9.20. The van der Waals surface area contributed by atoms with Crippen molar-refractivity contribution >= 4 is 23.6 Å². The van der Waals surface area contributed by atoms with E-state index in [1.807, 2.05) is 11.8 Å². The van der Waals surface area contributed by atoms with Crippen molar-refractivity contribution in [1.82, 2.24) is 15.5 Å². The van der Waals surface area contributed by atoms with Crippen LogP contribution in [0.2, 0.25) is 0 Å². The Morgan fingerprint density at radius 2 is 2.05 bits per heavy atom. The van der Waals surface area contributed by atoms with Crippen LogP contribution in [0.3, 0.4) is 0 Å². The van der Waals surface area contributed by atoms with Crippen LogP contribution in [-0.4, -0.2) is 60.4 Å². The summed E-state index contributed by atoms with van der Waals surface area (Å²) in [5, 5.41) is 6.21. The molecule has 1 fully saturated rings. The van der Waals surface area contributed by atoms with Crippen LogP contribution >= 0.6 is 11.8 Å². The average Bonchev–Trinajstić information content (AvgIpc) is 2.80. The SMILES string of the molecule is CCSC1CCN(CCC(=O)NCCNC(C)=O)C1. The molecule has 0 aromatic rings. The van der Waals surface area contributed by atoms with Crippen molar-refractivity contribution in [2.45, 2.75) is 31.9 Å². The molecular formula is C13H25N3O2S. The predicted octanol–water partition coefficient (Wildman–Crippen LogP) is 0.456. The highest BCUT2D eigenvalue weighted by Gasteiger charge is 2.22. The number of carbonyl (C=O) groups excluding carboxylic acids is 2. The molecule has 1 rings (SSSR count). The fourth-order valence-corrected chi connectivity index (χ4v) is 3.22. The largest absolute Gasteiger partial charge is 0.355 e. The topological polar surface area (TPSA) is 61.4 Å². The van der Waals surface area contributed by atoms with Crippen LogP contribution in [0, 0.1) is 0 Å². The van der Waals surface area contributed by atoms with E-state index < -0.39 is 0 Å². The number of hydrogen-bond acceptors (Lipinski definition) is 4. The van der Waals surface area contributed by atoms with Gasteiger partial charge >= 0.3 is 0 Å². The molecule has 1 saturated heterocycles. The first-order chi connectivity index (χ1) is 9.11. The summed E-state index contributed by atoms with van der Waals surface area (Å²) in [6.45, 7) is 7.73. The number of thioether (sulfide) groups is 1. The zero-order valence-corrected chi connectivity index (χ0v) is 12.7. The normalized spacial score (nSPS) is 19.4. The Bertz CT molecular complexity index is 300. The first-order valence-electron chi connectivity index (χ1n) is 6.97.